The van der Waals surface area contributed by atoms with Crippen LogP contribution in [0.2, 0.25) is 0 Å². The monoisotopic (exact) mass is 297 g/mol. The molecule has 1 amide bonds. The maximum Gasteiger partial charge on any atom is 0.262 e. The smallest absolute Gasteiger partial charge is 0.262 e. The van der Waals surface area contributed by atoms with E-state index in [9.17, 15) is 4.79 Å². The first-order chi connectivity index (χ1) is 10.3. The van der Waals surface area contributed by atoms with E-state index >= 15 is 0 Å². The third kappa shape index (κ3) is 4.62. The zero-order valence-corrected chi connectivity index (χ0v) is 13.6. The number of carbonyl (C=O) groups excluding carboxylic acids is 1. The molecule has 0 fully saturated rings. The zero-order valence-electron chi connectivity index (χ0n) is 13.6. The number of aryl methyl sites for hydroxylation is 1. The Balaban J connectivity index is 1.87. The van der Waals surface area contributed by atoms with Crippen LogP contribution in [0.25, 0.3) is 0 Å². The highest BCUT2D eigenvalue weighted by Gasteiger charge is 2.13. The predicted octanol–water partition coefficient (Wildman–Crippen LogP) is 4.31. The number of amides is 1. The van der Waals surface area contributed by atoms with Crippen molar-refractivity contribution in [1.29, 1.82) is 0 Å². The van der Waals surface area contributed by atoms with E-state index in [1.54, 1.807) is 0 Å². The largest absolute Gasteiger partial charge is 0.484 e. The van der Waals surface area contributed by atoms with Crippen LogP contribution in [0.5, 0.6) is 5.75 Å². The van der Waals surface area contributed by atoms with Crippen LogP contribution in [0.15, 0.2) is 48.5 Å². The van der Waals surface area contributed by atoms with Gasteiger partial charge in [-0.2, -0.15) is 0 Å². The number of hydrogen-bond acceptors (Lipinski definition) is 2. The van der Waals surface area contributed by atoms with Crippen LogP contribution in [0.4, 0.5) is 5.69 Å². The molecule has 22 heavy (non-hydrogen) atoms. The van der Waals surface area contributed by atoms with E-state index in [-0.39, 0.29) is 17.9 Å². The Kier molecular flexibility index (Phi) is 4.86. The average Bonchev–Trinajstić information content (AvgIpc) is 2.47. The van der Waals surface area contributed by atoms with Gasteiger partial charge in [-0.15, -0.1) is 0 Å². The summed E-state index contributed by atoms with van der Waals surface area (Å²) in [7, 11) is 0. The van der Waals surface area contributed by atoms with E-state index in [1.807, 2.05) is 55.5 Å². The quantitative estimate of drug-likeness (QED) is 0.913. The maximum atomic E-state index is 11.9. The molecule has 0 saturated carbocycles. The van der Waals surface area contributed by atoms with Gasteiger partial charge in [0.15, 0.2) is 6.61 Å². The SMILES string of the molecule is Cc1ccc(NC(=O)COc2ccc(C(C)(C)C)cc2)cc1. The molecule has 0 unspecified atom stereocenters. The van der Waals surface area contributed by atoms with E-state index in [0.717, 1.165) is 11.3 Å². The number of anilines is 1. The summed E-state index contributed by atoms with van der Waals surface area (Å²) in [6.45, 7) is 8.51. The minimum atomic E-state index is -0.163. The third-order valence-corrected chi connectivity index (χ3v) is 3.43. The molecule has 0 heterocycles. The Morgan fingerprint density at radius 1 is 1.00 bits per heavy atom. The van der Waals surface area contributed by atoms with Gasteiger partial charge in [-0.3, -0.25) is 4.79 Å². The number of nitrogens with one attached hydrogen (secondary N) is 1. The Bertz CT molecular complexity index is 622. The minimum Gasteiger partial charge on any atom is -0.484 e. The first-order valence-corrected chi connectivity index (χ1v) is 7.44. The lowest BCUT2D eigenvalue weighted by molar-refractivity contribution is -0.118. The van der Waals surface area contributed by atoms with Crippen LogP contribution in [-0.4, -0.2) is 12.5 Å². The first-order valence-electron chi connectivity index (χ1n) is 7.44. The van der Waals surface area contributed by atoms with Crippen molar-refractivity contribution in [2.24, 2.45) is 0 Å². The first kappa shape index (κ1) is 16.1. The normalized spacial score (nSPS) is 11.1. The standard InChI is InChI=1S/C19H23NO2/c1-14-5-9-16(10-6-14)20-18(21)13-22-17-11-7-15(8-12-17)19(2,3)4/h5-12H,13H2,1-4H3,(H,20,21). The van der Waals surface area contributed by atoms with Gasteiger partial charge in [0.25, 0.3) is 5.91 Å². The van der Waals surface area contributed by atoms with Gasteiger partial charge >= 0.3 is 0 Å². The van der Waals surface area contributed by atoms with Crippen molar-refractivity contribution < 1.29 is 9.53 Å². The Labute approximate surface area is 132 Å². The molecule has 2 aromatic rings. The molecule has 3 nitrogen and oxygen atoms in total. The van der Waals surface area contributed by atoms with Gasteiger partial charge < -0.3 is 10.1 Å². The number of benzene rings is 2. The summed E-state index contributed by atoms with van der Waals surface area (Å²) in [5.74, 6) is 0.538. The Morgan fingerprint density at radius 3 is 2.14 bits per heavy atom. The van der Waals surface area contributed by atoms with Crippen LogP contribution >= 0.6 is 0 Å². The Hall–Kier alpha value is -2.29. The molecule has 0 radical (unpaired) electrons. The van der Waals surface area contributed by atoms with Crippen LogP contribution < -0.4 is 10.1 Å². The second-order valence-corrected chi connectivity index (χ2v) is 6.48. The highest BCUT2D eigenvalue weighted by molar-refractivity contribution is 5.91. The van der Waals surface area contributed by atoms with Crippen LogP contribution in [-0.2, 0) is 10.2 Å². The fraction of sp³-hybridized carbons (Fsp3) is 0.316. The lowest BCUT2D eigenvalue weighted by atomic mass is 9.87. The molecule has 1 N–H and O–H groups in total. The Morgan fingerprint density at radius 2 is 1.59 bits per heavy atom. The number of ether oxygens (including phenoxy) is 1. The summed E-state index contributed by atoms with van der Waals surface area (Å²) in [4.78, 5) is 11.9. The van der Waals surface area contributed by atoms with Gasteiger partial charge in [-0.1, -0.05) is 50.6 Å². The fourth-order valence-electron chi connectivity index (χ4n) is 2.03. The van der Waals surface area contributed by atoms with E-state index in [2.05, 4.69) is 26.1 Å². The molecule has 0 saturated heterocycles. The molecule has 0 bridgehead atoms. The molecule has 0 atom stereocenters. The molecule has 0 spiro atoms. The van der Waals surface area contributed by atoms with Crippen LogP contribution in [0, 0.1) is 6.92 Å². The topological polar surface area (TPSA) is 38.3 Å². The van der Waals surface area contributed by atoms with Crippen LogP contribution in [0.3, 0.4) is 0 Å². The van der Waals surface area contributed by atoms with Crippen molar-refractivity contribution in [3.63, 3.8) is 0 Å². The molecule has 116 valence electrons. The minimum absolute atomic E-state index is 0.00272. The van der Waals surface area contributed by atoms with Gasteiger partial charge in [-0.25, -0.2) is 0 Å². The molecule has 0 aliphatic carbocycles. The predicted molar refractivity (Wildman–Crippen MR) is 90.4 cm³/mol. The highest BCUT2D eigenvalue weighted by Crippen LogP contribution is 2.24. The second kappa shape index (κ2) is 6.65. The lowest BCUT2D eigenvalue weighted by Gasteiger charge is -2.19. The number of rotatable bonds is 4. The van der Waals surface area contributed by atoms with E-state index in [0.29, 0.717) is 5.75 Å². The second-order valence-electron chi connectivity index (χ2n) is 6.48. The van der Waals surface area contributed by atoms with Crippen molar-refractivity contribution in [3.05, 3.63) is 59.7 Å². The molecule has 3 heteroatoms. The van der Waals surface area contributed by atoms with Crippen molar-refractivity contribution in [2.75, 3.05) is 11.9 Å². The molecular weight excluding hydrogens is 274 g/mol. The lowest BCUT2D eigenvalue weighted by Crippen LogP contribution is -2.20. The summed E-state index contributed by atoms with van der Waals surface area (Å²) in [5, 5.41) is 2.81. The molecule has 0 aliphatic rings. The van der Waals surface area contributed by atoms with Crippen molar-refractivity contribution in [1.82, 2.24) is 0 Å². The van der Waals surface area contributed by atoms with E-state index < -0.39 is 0 Å². The van der Waals surface area contributed by atoms with E-state index in [4.69, 9.17) is 4.74 Å². The average molecular weight is 297 g/mol. The molecule has 2 aromatic carbocycles. The van der Waals surface area contributed by atoms with Gasteiger partial charge in [0.1, 0.15) is 5.75 Å². The summed E-state index contributed by atoms with van der Waals surface area (Å²) in [6.07, 6.45) is 0. The van der Waals surface area contributed by atoms with Gasteiger partial charge in [0, 0.05) is 5.69 Å². The third-order valence-electron chi connectivity index (χ3n) is 3.43. The van der Waals surface area contributed by atoms with Crippen molar-refractivity contribution in [3.8, 4) is 5.75 Å². The van der Waals surface area contributed by atoms with Gasteiger partial charge in [-0.05, 0) is 42.2 Å². The number of hydrogen-bond donors (Lipinski definition) is 1. The highest BCUT2D eigenvalue weighted by atomic mass is 16.5. The molecule has 2 rings (SSSR count). The summed E-state index contributed by atoms with van der Waals surface area (Å²) in [6, 6.07) is 15.6. The zero-order chi connectivity index (χ0) is 16.2. The van der Waals surface area contributed by atoms with Gasteiger partial charge in [0.2, 0.25) is 0 Å². The molecular formula is C19H23NO2. The maximum absolute atomic E-state index is 11.9. The summed E-state index contributed by atoms with van der Waals surface area (Å²) >= 11 is 0. The number of carbonyl (C=O) groups is 1. The fourth-order valence-corrected chi connectivity index (χ4v) is 2.03. The van der Waals surface area contributed by atoms with Crippen molar-refractivity contribution >= 4 is 11.6 Å². The summed E-state index contributed by atoms with van der Waals surface area (Å²) in [5.41, 5.74) is 3.29. The molecule has 0 aliphatic heterocycles. The van der Waals surface area contributed by atoms with Crippen LogP contribution in [0.1, 0.15) is 31.9 Å². The van der Waals surface area contributed by atoms with E-state index in [1.165, 1.54) is 5.56 Å². The van der Waals surface area contributed by atoms with Gasteiger partial charge in [0.05, 0.1) is 0 Å². The van der Waals surface area contributed by atoms with Crippen molar-refractivity contribution in [2.45, 2.75) is 33.1 Å². The molecule has 0 aromatic heterocycles. The summed E-state index contributed by atoms with van der Waals surface area (Å²) < 4.78 is 5.52.